The summed E-state index contributed by atoms with van der Waals surface area (Å²) in [4.78, 5) is 34.4. The number of thiazole rings is 2. The minimum atomic E-state index is 0.0295. The Hall–Kier alpha value is -4.40. The molecule has 8 heteroatoms. The van der Waals surface area contributed by atoms with Gasteiger partial charge in [-0.2, -0.15) is 0 Å². The van der Waals surface area contributed by atoms with Gasteiger partial charge in [-0.1, -0.05) is 31.4 Å². The van der Waals surface area contributed by atoms with Crippen molar-refractivity contribution < 1.29 is 9.59 Å². The Bertz CT molecular complexity index is 1800. The zero-order chi connectivity index (χ0) is 31.2. The van der Waals surface area contributed by atoms with Crippen LogP contribution in [-0.4, -0.2) is 21.8 Å². The van der Waals surface area contributed by atoms with Crippen molar-refractivity contribution in [3.8, 4) is 21.1 Å². The van der Waals surface area contributed by atoms with Crippen molar-refractivity contribution in [2.45, 2.75) is 58.8 Å². The second-order valence-electron chi connectivity index (χ2n) is 11.5. The number of nitrogens with zero attached hydrogens (tertiary/aromatic N) is 2. The first-order valence-electron chi connectivity index (χ1n) is 15.4. The summed E-state index contributed by atoms with van der Waals surface area (Å²) in [6, 6.07) is 28.4. The average molecular weight is 633 g/mol. The van der Waals surface area contributed by atoms with E-state index in [4.69, 9.17) is 9.97 Å². The molecule has 0 spiro atoms. The molecule has 0 aliphatic heterocycles. The predicted molar refractivity (Wildman–Crippen MR) is 189 cm³/mol. The first-order chi connectivity index (χ1) is 21.9. The van der Waals surface area contributed by atoms with Crippen molar-refractivity contribution in [3.05, 3.63) is 96.1 Å². The fourth-order valence-electron chi connectivity index (χ4n) is 5.25. The van der Waals surface area contributed by atoms with E-state index in [0.29, 0.717) is 12.8 Å². The van der Waals surface area contributed by atoms with Gasteiger partial charge in [0, 0.05) is 35.3 Å². The van der Waals surface area contributed by atoms with Gasteiger partial charge < -0.3 is 10.6 Å². The summed E-state index contributed by atoms with van der Waals surface area (Å²) in [5, 5.41) is 7.97. The second kappa shape index (κ2) is 14.1. The number of carbonyl (C=O) groups excluding carboxylic acids is 2. The van der Waals surface area contributed by atoms with Crippen LogP contribution >= 0.6 is 22.7 Å². The third-order valence-electron chi connectivity index (χ3n) is 7.73. The Kier molecular flexibility index (Phi) is 9.62. The van der Waals surface area contributed by atoms with E-state index in [1.165, 1.54) is 20.5 Å². The van der Waals surface area contributed by atoms with Crippen molar-refractivity contribution in [3.63, 3.8) is 0 Å². The summed E-state index contributed by atoms with van der Waals surface area (Å²) in [6.07, 6.45) is 5.60. The lowest BCUT2D eigenvalue weighted by Crippen LogP contribution is -2.11. The number of anilines is 2. The third kappa shape index (κ3) is 8.01. The van der Waals surface area contributed by atoms with Gasteiger partial charge in [-0.15, -0.1) is 22.7 Å². The first kappa shape index (κ1) is 30.6. The standard InChI is InChI=1S/C37H36N4O2S2/c1-24-10-20-30-32(22-24)44-36(40-30)26-12-16-28(17-13-26)38-34(42)8-6-4-3-5-7-9-35(43)39-29-18-14-27(15-19-29)37-41-31-21-11-25(2)23-33(31)45-37/h10-23H,3-9H2,1-2H3,(H,38,42)(H,39,43). The smallest absolute Gasteiger partial charge is 0.224 e. The lowest BCUT2D eigenvalue weighted by molar-refractivity contribution is -0.117. The number of hydrogen-bond acceptors (Lipinski definition) is 6. The number of benzene rings is 4. The van der Waals surface area contributed by atoms with E-state index >= 15 is 0 Å². The van der Waals surface area contributed by atoms with Gasteiger partial charge in [0.1, 0.15) is 10.0 Å². The van der Waals surface area contributed by atoms with Gasteiger partial charge in [0.25, 0.3) is 0 Å². The van der Waals surface area contributed by atoms with Crippen molar-refractivity contribution in [2.75, 3.05) is 10.6 Å². The summed E-state index contributed by atoms with van der Waals surface area (Å²) in [7, 11) is 0. The molecule has 0 aliphatic carbocycles. The summed E-state index contributed by atoms with van der Waals surface area (Å²) in [5.74, 6) is 0.0590. The van der Waals surface area contributed by atoms with Crippen LogP contribution in [0.15, 0.2) is 84.9 Å². The molecular formula is C37H36N4O2S2. The highest BCUT2D eigenvalue weighted by molar-refractivity contribution is 7.22. The number of aryl methyl sites for hydroxylation is 2. The molecule has 0 saturated heterocycles. The maximum absolute atomic E-state index is 12.4. The van der Waals surface area contributed by atoms with Crippen LogP contribution < -0.4 is 10.6 Å². The molecule has 0 fully saturated rings. The number of fused-ring (bicyclic) bond motifs is 2. The van der Waals surface area contributed by atoms with Gasteiger partial charge in [-0.25, -0.2) is 9.97 Å². The molecule has 0 radical (unpaired) electrons. The molecule has 2 amide bonds. The molecule has 2 heterocycles. The van der Waals surface area contributed by atoms with Crippen LogP contribution in [0.3, 0.4) is 0 Å². The van der Waals surface area contributed by atoms with E-state index < -0.39 is 0 Å². The molecule has 6 rings (SSSR count). The Labute approximate surface area is 271 Å². The van der Waals surface area contributed by atoms with E-state index in [1.807, 2.05) is 48.5 Å². The van der Waals surface area contributed by atoms with Crippen LogP contribution in [0.5, 0.6) is 0 Å². The third-order valence-corrected chi connectivity index (χ3v) is 9.86. The maximum atomic E-state index is 12.4. The zero-order valence-corrected chi connectivity index (χ0v) is 27.2. The molecule has 2 aromatic heterocycles. The number of carbonyl (C=O) groups is 2. The molecule has 6 nitrogen and oxygen atoms in total. The van der Waals surface area contributed by atoms with Gasteiger partial charge in [-0.05, 0) is 111 Å². The molecule has 228 valence electrons. The van der Waals surface area contributed by atoms with Gasteiger partial charge in [0.05, 0.1) is 20.4 Å². The van der Waals surface area contributed by atoms with E-state index in [-0.39, 0.29) is 11.8 Å². The zero-order valence-electron chi connectivity index (χ0n) is 25.6. The number of aromatic nitrogens is 2. The summed E-state index contributed by atoms with van der Waals surface area (Å²) in [6.45, 7) is 4.18. The molecule has 0 unspecified atom stereocenters. The van der Waals surface area contributed by atoms with Crippen LogP contribution in [0.25, 0.3) is 41.6 Å². The minimum absolute atomic E-state index is 0.0295. The lowest BCUT2D eigenvalue weighted by atomic mass is 10.1. The summed E-state index contributed by atoms with van der Waals surface area (Å²) >= 11 is 3.37. The Balaban J connectivity index is 0.854. The predicted octanol–water partition coefficient (Wildman–Crippen LogP) is 10.2. The molecular weight excluding hydrogens is 597 g/mol. The van der Waals surface area contributed by atoms with E-state index in [1.54, 1.807) is 22.7 Å². The normalized spacial score (nSPS) is 11.2. The van der Waals surface area contributed by atoms with Crippen LogP contribution in [0.4, 0.5) is 11.4 Å². The van der Waals surface area contributed by atoms with E-state index in [0.717, 1.165) is 75.7 Å². The number of nitrogens with one attached hydrogen (secondary N) is 2. The SMILES string of the molecule is Cc1ccc2nc(-c3ccc(NC(=O)CCCCCCCC(=O)Nc4ccc(-c5nc6ccc(C)cc6s5)cc4)cc3)sc2c1. The molecule has 6 aromatic rings. The number of rotatable bonds is 12. The Morgan fingerprint density at radius 1 is 0.556 bits per heavy atom. The van der Waals surface area contributed by atoms with Crippen LogP contribution in [0.2, 0.25) is 0 Å². The molecule has 0 aliphatic rings. The monoisotopic (exact) mass is 632 g/mol. The largest absolute Gasteiger partial charge is 0.326 e. The van der Waals surface area contributed by atoms with E-state index in [9.17, 15) is 9.59 Å². The summed E-state index contributed by atoms with van der Waals surface area (Å²) < 4.78 is 2.37. The van der Waals surface area contributed by atoms with Crippen LogP contribution in [0, 0.1) is 13.8 Å². The topological polar surface area (TPSA) is 84.0 Å². The van der Waals surface area contributed by atoms with Gasteiger partial charge in [0.15, 0.2) is 0 Å². The van der Waals surface area contributed by atoms with Crippen molar-refractivity contribution in [1.82, 2.24) is 9.97 Å². The van der Waals surface area contributed by atoms with Gasteiger partial charge in [-0.3, -0.25) is 9.59 Å². The van der Waals surface area contributed by atoms with Gasteiger partial charge in [0.2, 0.25) is 11.8 Å². The minimum Gasteiger partial charge on any atom is -0.326 e. The highest BCUT2D eigenvalue weighted by Gasteiger charge is 2.10. The molecule has 0 atom stereocenters. The molecule has 0 saturated carbocycles. The highest BCUT2D eigenvalue weighted by Crippen LogP contribution is 2.32. The fourth-order valence-corrected chi connectivity index (χ4v) is 7.39. The van der Waals surface area contributed by atoms with Crippen LogP contribution in [-0.2, 0) is 9.59 Å². The van der Waals surface area contributed by atoms with E-state index in [2.05, 4.69) is 60.9 Å². The summed E-state index contributed by atoms with van der Waals surface area (Å²) in [5.41, 5.74) is 8.19. The fraction of sp³-hybridized carbons (Fsp3) is 0.243. The second-order valence-corrected chi connectivity index (χ2v) is 13.6. The van der Waals surface area contributed by atoms with Crippen molar-refractivity contribution >= 4 is 66.3 Å². The van der Waals surface area contributed by atoms with Gasteiger partial charge >= 0.3 is 0 Å². The molecule has 4 aromatic carbocycles. The van der Waals surface area contributed by atoms with Crippen LogP contribution in [0.1, 0.15) is 56.1 Å². The lowest BCUT2D eigenvalue weighted by Gasteiger charge is -2.07. The quantitative estimate of drug-likeness (QED) is 0.132. The number of unbranched alkanes of at least 4 members (excludes halogenated alkanes) is 4. The number of amides is 2. The molecule has 2 N–H and O–H groups in total. The molecule has 0 bridgehead atoms. The van der Waals surface area contributed by atoms with Crippen molar-refractivity contribution in [2.24, 2.45) is 0 Å². The maximum Gasteiger partial charge on any atom is 0.224 e. The molecule has 45 heavy (non-hydrogen) atoms. The Morgan fingerprint density at radius 3 is 1.38 bits per heavy atom. The Morgan fingerprint density at radius 2 is 0.956 bits per heavy atom. The number of hydrogen-bond donors (Lipinski definition) is 2. The van der Waals surface area contributed by atoms with Crippen molar-refractivity contribution in [1.29, 1.82) is 0 Å². The highest BCUT2D eigenvalue weighted by atomic mass is 32.1. The average Bonchev–Trinajstić information content (AvgIpc) is 3.65. The first-order valence-corrected chi connectivity index (χ1v) is 17.1.